The van der Waals surface area contributed by atoms with E-state index in [1.54, 1.807) is 0 Å². The molecule has 0 aliphatic rings. The van der Waals surface area contributed by atoms with Gasteiger partial charge in [0, 0.05) is 21.9 Å². The van der Waals surface area contributed by atoms with E-state index in [9.17, 15) is 0 Å². The summed E-state index contributed by atoms with van der Waals surface area (Å²) in [5, 5.41) is 7.23. The first kappa shape index (κ1) is 50.0. The van der Waals surface area contributed by atoms with Gasteiger partial charge in [-0.05, 0) is 151 Å². The molecule has 0 saturated carbocycles. The summed E-state index contributed by atoms with van der Waals surface area (Å²) in [5.74, 6) is 0. The van der Waals surface area contributed by atoms with Crippen molar-refractivity contribution in [1.29, 1.82) is 0 Å². The van der Waals surface area contributed by atoms with Crippen LogP contribution in [0.1, 0.15) is 22.3 Å². The molecule has 0 spiro atoms. The van der Waals surface area contributed by atoms with Crippen molar-refractivity contribution in [1.82, 2.24) is 0 Å². The van der Waals surface area contributed by atoms with Crippen molar-refractivity contribution in [3.63, 3.8) is 0 Å². The number of nitrogens with zero attached hydrogens (tertiary/aromatic N) is 2. The van der Waals surface area contributed by atoms with Crippen molar-refractivity contribution in [2.24, 2.45) is 0 Å². The summed E-state index contributed by atoms with van der Waals surface area (Å²) in [6.45, 7) is 9.17. The van der Waals surface area contributed by atoms with Crippen molar-refractivity contribution in [2.75, 3.05) is 9.80 Å². The van der Waals surface area contributed by atoms with Crippen LogP contribution in [0.4, 0.5) is 34.1 Å². The van der Waals surface area contributed by atoms with Gasteiger partial charge in [-0.15, -0.1) is 0 Å². The molecular weight excluding hydrogens is 989 g/mol. The molecule has 0 fully saturated rings. The lowest BCUT2D eigenvalue weighted by molar-refractivity contribution is 1.23. The molecule has 0 aromatic heterocycles. The highest BCUT2D eigenvalue weighted by atomic mass is 15.2. The Morgan fingerprint density at radius 2 is 0.512 bits per heavy atom. The molecule has 2 heteroatoms. The summed E-state index contributed by atoms with van der Waals surface area (Å²) in [4.78, 5) is 5.18. The summed E-state index contributed by atoms with van der Waals surface area (Å²) in [6.07, 6.45) is 0. The van der Waals surface area contributed by atoms with Crippen molar-refractivity contribution in [3.05, 3.63) is 313 Å². The van der Waals surface area contributed by atoms with Crippen LogP contribution in [0.15, 0.2) is 291 Å². The summed E-state index contributed by atoms with van der Waals surface area (Å²) < 4.78 is 0. The molecular formula is C80H60N2. The van der Waals surface area contributed by atoms with Gasteiger partial charge in [-0.3, -0.25) is 0 Å². The average Bonchev–Trinajstić information content (AvgIpc) is 2.45. The Bertz CT molecular complexity index is 4330. The lowest BCUT2D eigenvalue weighted by atomic mass is 9.89. The minimum atomic E-state index is 1.11. The average molecular weight is 1050 g/mol. The summed E-state index contributed by atoms with van der Waals surface area (Å²) in [7, 11) is 0. The molecule has 0 radical (unpaired) electrons. The maximum atomic E-state index is 2.59. The zero-order valence-electron chi connectivity index (χ0n) is 46.6. The first-order valence-corrected chi connectivity index (χ1v) is 28.5. The number of anilines is 6. The van der Waals surface area contributed by atoms with Crippen LogP contribution in [-0.2, 0) is 0 Å². The van der Waals surface area contributed by atoms with E-state index in [-0.39, 0.29) is 0 Å². The van der Waals surface area contributed by atoms with Crippen molar-refractivity contribution >= 4 is 66.4 Å². The SMILES string of the molecule is Cc1ccc(-c2ccccc2)c(C)c1N(c1cc(-c2ccccc2)ccc1-c1ccccc1)c1ccc2ccc3c(N(c4cc(-c5ccccc5)ccc4-c4ccccc4)c4c(C)ccc(-c5ccccc5)c4C)ccc4ccc1c2c43. The summed E-state index contributed by atoms with van der Waals surface area (Å²) >= 11 is 0. The third kappa shape index (κ3) is 8.77. The monoisotopic (exact) mass is 1050 g/mol. The van der Waals surface area contributed by atoms with Gasteiger partial charge in [0.15, 0.2) is 0 Å². The maximum Gasteiger partial charge on any atom is 0.0546 e. The van der Waals surface area contributed by atoms with Gasteiger partial charge in [0.2, 0.25) is 0 Å². The van der Waals surface area contributed by atoms with Crippen molar-refractivity contribution in [3.8, 4) is 66.8 Å². The number of rotatable bonds is 12. The topological polar surface area (TPSA) is 6.48 Å². The zero-order chi connectivity index (χ0) is 55.3. The van der Waals surface area contributed by atoms with Gasteiger partial charge in [0.25, 0.3) is 0 Å². The summed E-state index contributed by atoms with van der Waals surface area (Å²) in [6, 6.07) is 107. The van der Waals surface area contributed by atoms with Gasteiger partial charge in [0.1, 0.15) is 0 Å². The van der Waals surface area contributed by atoms with E-state index < -0.39 is 0 Å². The molecule has 82 heavy (non-hydrogen) atoms. The quantitative estimate of drug-likeness (QED) is 0.113. The Morgan fingerprint density at radius 1 is 0.220 bits per heavy atom. The van der Waals surface area contributed by atoms with E-state index in [0.717, 1.165) is 56.1 Å². The van der Waals surface area contributed by atoms with E-state index in [0.29, 0.717) is 0 Å². The third-order valence-electron chi connectivity index (χ3n) is 16.8. The van der Waals surface area contributed by atoms with Gasteiger partial charge < -0.3 is 9.80 Å². The van der Waals surface area contributed by atoms with E-state index >= 15 is 0 Å². The number of hydrogen-bond acceptors (Lipinski definition) is 2. The number of hydrogen-bond donors (Lipinski definition) is 0. The molecule has 390 valence electrons. The third-order valence-corrected chi connectivity index (χ3v) is 16.8. The fourth-order valence-electron chi connectivity index (χ4n) is 12.9. The zero-order valence-corrected chi connectivity index (χ0v) is 46.6. The molecule has 0 N–H and O–H groups in total. The smallest absolute Gasteiger partial charge is 0.0546 e. The molecule has 14 rings (SSSR count). The van der Waals surface area contributed by atoms with E-state index in [1.165, 1.54) is 99.3 Å². The normalized spacial score (nSPS) is 11.4. The van der Waals surface area contributed by atoms with Crippen LogP contribution in [0.2, 0.25) is 0 Å². The molecule has 0 aliphatic heterocycles. The molecule has 0 unspecified atom stereocenters. The maximum absolute atomic E-state index is 2.59. The van der Waals surface area contributed by atoms with Crippen LogP contribution in [0.3, 0.4) is 0 Å². The highest BCUT2D eigenvalue weighted by Crippen LogP contribution is 2.53. The Hall–Kier alpha value is -10.3. The Balaban J connectivity index is 1.08. The highest BCUT2D eigenvalue weighted by molar-refractivity contribution is 6.28. The van der Waals surface area contributed by atoms with Gasteiger partial charge >= 0.3 is 0 Å². The standard InChI is InChI=1S/C80H60N2/c1-53-35-43-67(59-27-15-7-16-28-59)55(3)79(53)81(75-51-65(57-23-11-5-12-24-57)39-45-69(75)61-31-19-9-20-32-61)73-49-41-63-38-48-72-74(50-42-64-37-47-71(73)77(63)78(64)72)82(80-54(2)36-44-68(56(80)4)60-29-17-8-18-30-60)76-52-66(58-25-13-6-14-26-58)40-46-70(76)62-33-21-10-22-34-62/h5-52H,1-4H3. The predicted octanol–water partition coefficient (Wildman–Crippen LogP) is 22.8. The van der Waals surface area contributed by atoms with Crippen LogP contribution < -0.4 is 9.80 Å². The van der Waals surface area contributed by atoms with E-state index in [4.69, 9.17) is 0 Å². The van der Waals surface area contributed by atoms with Gasteiger partial charge in [-0.2, -0.15) is 0 Å². The van der Waals surface area contributed by atoms with Crippen molar-refractivity contribution < 1.29 is 0 Å². The molecule has 14 aromatic carbocycles. The van der Waals surface area contributed by atoms with Gasteiger partial charge in [0.05, 0.1) is 34.1 Å². The van der Waals surface area contributed by atoms with Gasteiger partial charge in [-0.1, -0.05) is 267 Å². The fourth-order valence-corrected chi connectivity index (χ4v) is 12.9. The first-order valence-electron chi connectivity index (χ1n) is 28.5. The Morgan fingerprint density at radius 3 is 0.854 bits per heavy atom. The minimum Gasteiger partial charge on any atom is -0.309 e. The Labute approximate surface area is 481 Å². The second-order valence-corrected chi connectivity index (χ2v) is 21.7. The highest BCUT2D eigenvalue weighted by Gasteiger charge is 2.29. The number of aryl methyl sites for hydroxylation is 2. The second-order valence-electron chi connectivity index (χ2n) is 21.7. The Kier molecular flexibility index (Phi) is 12.8. The van der Waals surface area contributed by atoms with Gasteiger partial charge in [-0.25, -0.2) is 0 Å². The second kappa shape index (κ2) is 21.1. The van der Waals surface area contributed by atoms with Crippen LogP contribution in [0, 0.1) is 27.7 Å². The molecule has 2 nitrogen and oxygen atoms in total. The molecule has 0 heterocycles. The fraction of sp³-hybridized carbons (Fsp3) is 0.0500. The van der Waals surface area contributed by atoms with E-state index in [1.807, 2.05) is 0 Å². The first-order chi connectivity index (χ1) is 40.4. The largest absolute Gasteiger partial charge is 0.309 e. The minimum absolute atomic E-state index is 1.11. The summed E-state index contributed by atoms with van der Waals surface area (Å²) in [5.41, 5.74) is 25.7. The lowest BCUT2D eigenvalue weighted by Crippen LogP contribution is -2.16. The molecule has 0 saturated heterocycles. The predicted molar refractivity (Wildman–Crippen MR) is 351 cm³/mol. The molecule has 14 aromatic rings. The van der Waals surface area contributed by atoms with Crippen LogP contribution >= 0.6 is 0 Å². The lowest BCUT2D eigenvalue weighted by Gasteiger charge is -2.34. The molecule has 0 aliphatic carbocycles. The molecule has 0 atom stereocenters. The van der Waals surface area contributed by atoms with Crippen LogP contribution in [-0.4, -0.2) is 0 Å². The molecule has 0 bridgehead atoms. The van der Waals surface area contributed by atoms with Crippen molar-refractivity contribution in [2.45, 2.75) is 27.7 Å². The molecule has 0 amide bonds. The van der Waals surface area contributed by atoms with Crippen LogP contribution in [0.5, 0.6) is 0 Å². The van der Waals surface area contributed by atoms with Crippen LogP contribution in [0.25, 0.3) is 99.1 Å². The number of benzene rings is 14. The van der Waals surface area contributed by atoms with E-state index in [2.05, 4.69) is 329 Å².